The standard InChI is InChI=1S/C21H23N3O5S/c1-23-19-6-2-5-17(19)18(22-23)14-24(13-15-4-3-9-27-15)30(25,26)16-7-8-20-21(12-16)29-11-10-28-20/h3-4,7-9,12H,2,5-6,10-11,13-14H2,1H3. The minimum Gasteiger partial charge on any atom is -0.486 e. The highest BCUT2D eigenvalue weighted by Crippen LogP contribution is 2.34. The number of aromatic nitrogens is 2. The molecule has 0 bridgehead atoms. The molecule has 1 aliphatic carbocycles. The molecule has 0 saturated heterocycles. The van der Waals surface area contributed by atoms with E-state index in [1.54, 1.807) is 30.5 Å². The van der Waals surface area contributed by atoms with Crippen LogP contribution >= 0.6 is 0 Å². The van der Waals surface area contributed by atoms with Gasteiger partial charge in [-0.3, -0.25) is 4.68 Å². The maximum absolute atomic E-state index is 13.6. The van der Waals surface area contributed by atoms with Gasteiger partial charge in [0, 0.05) is 18.8 Å². The molecule has 9 heteroatoms. The second-order valence-electron chi connectivity index (χ2n) is 7.51. The lowest BCUT2D eigenvalue weighted by Gasteiger charge is -2.23. The Morgan fingerprint density at radius 2 is 1.93 bits per heavy atom. The molecular formula is C21H23N3O5S. The van der Waals surface area contributed by atoms with Gasteiger partial charge in [-0.1, -0.05) is 0 Å². The van der Waals surface area contributed by atoms with E-state index in [0.717, 1.165) is 25.0 Å². The van der Waals surface area contributed by atoms with Crippen molar-refractivity contribution < 1.29 is 22.3 Å². The number of hydrogen-bond acceptors (Lipinski definition) is 6. The van der Waals surface area contributed by atoms with Crippen LogP contribution in [0.25, 0.3) is 0 Å². The third-order valence-electron chi connectivity index (χ3n) is 5.59. The molecule has 0 atom stereocenters. The van der Waals surface area contributed by atoms with Crippen molar-refractivity contribution in [1.29, 1.82) is 0 Å². The first-order chi connectivity index (χ1) is 14.5. The molecule has 0 amide bonds. The van der Waals surface area contributed by atoms with Gasteiger partial charge in [-0.25, -0.2) is 8.42 Å². The normalized spacial score (nSPS) is 15.5. The van der Waals surface area contributed by atoms with Gasteiger partial charge in [0.2, 0.25) is 10.0 Å². The van der Waals surface area contributed by atoms with Crippen LogP contribution in [0.2, 0.25) is 0 Å². The molecule has 8 nitrogen and oxygen atoms in total. The molecule has 0 N–H and O–H groups in total. The highest BCUT2D eigenvalue weighted by Gasteiger charge is 2.31. The number of fused-ring (bicyclic) bond motifs is 2. The molecule has 0 fully saturated rings. The smallest absolute Gasteiger partial charge is 0.243 e. The zero-order valence-corrected chi connectivity index (χ0v) is 17.5. The van der Waals surface area contributed by atoms with E-state index >= 15 is 0 Å². The van der Waals surface area contributed by atoms with Crippen molar-refractivity contribution in [2.24, 2.45) is 7.05 Å². The first-order valence-electron chi connectivity index (χ1n) is 9.98. The van der Waals surface area contributed by atoms with Gasteiger partial charge in [-0.2, -0.15) is 9.40 Å². The number of ether oxygens (including phenoxy) is 2. The predicted molar refractivity (Wildman–Crippen MR) is 108 cm³/mol. The van der Waals surface area contributed by atoms with Crippen molar-refractivity contribution in [3.8, 4) is 11.5 Å². The Hall–Kier alpha value is -2.78. The Labute approximate surface area is 175 Å². The summed E-state index contributed by atoms with van der Waals surface area (Å²) in [5, 5.41) is 4.61. The number of hydrogen-bond donors (Lipinski definition) is 0. The fourth-order valence-electron chi connectivity index (χ4n) is 4.13. The zero-order valence-electron chi connectivity index (χ0n) is 16.7. The summed E-state index contributed by atoms with van der Waals surface area (Å²) in [4.78, 5) is 0.158. The van der Waals surface area contributed by atoms with Crippen molar-refractivity contribution in [2.75, 3.05) is 13.2 Å². The molecule has 158 valence electrons. The average Bonchev–Trinajstić information content (AvgIpc) is 3.48. The van der Waals surface area contributed by atoms with E-state index < -0.39 is 10.0 Å². The lowest BCUT2D eigenvalue weighted by Crippen LogP contribution is -2.31. The monoisotopic (exact) mass is 429 g/mol. The van der Waals surface area contributed by atoms with Gasteiger partial charge in [0.05, 0.1) is 29.9 Å². The molecule has 2 aromatic heterocycles. The molecule has 3 heterocycles. The number of rotatable bonds is 6. The summed E-state index contributed by atoms with van der Waals surface area (Å²) in [5.41, 5.74) is 3.16. The first-order valence-corrected chi connectivity index (χ1v) is 11.4. The molecule has 0 saturated carbocycles. The van der Waals surface area contributed by atoms with Crippen LogP contribution in [-0.4, -0.2) is 35.7 Å². The van der Waals surface area contributed by atoms with Crippen LogP contribution in [0.15, 0.2) is 45.9 Å². The van der Waals surface area contributed by atoms with E-state index in [-0.39, 0.29) is 18.0 Å². The van der Waals surface area contributed by atoms with Crippen molar-refractivity contribution in [3.63, 3.8) is 0 Å². The third-order valence-corrected chi connectivity index (χ3v) is 7.38. The van der Waals surface area contributed by atoms with Gasteiger partial charge >= 0.3 is 0 Å². The van der Waals surface area contributed by atoms with E-state index in [4.69, 9.17) is 13.9 Å². The molecule has 0 unspecified atom stereocenters. The Bertz CT molecular complexity index is 1170. The summed E-state index contributed by atoms with van der Waals surface area (Å²) < 4.78 is 47.1. The molecule has 1 aliphatic heterocycles. The highest BCUT2D eigenvalue weighted by atomic mass is 32.2. The molecule has 2 aliphatic rings. The van der Waals surface area contributed by atoms with E-state index in [0.29, 0.717) is 30.5 Å². The lowest BCUT2D eigenvalue weighted by molar-refractivity contribution is 0.171. The van der Waals surface area contributed by atoms with Crippen molar-refractivity contribution in [1.82, 2.24) is 14.1 Å². The largest absolute Gasteiger partial charge is 0.486 e. The minimum atomic E-state index is -3.83. The number of furan rings is 1. The molecular weight excluding hydrogens is 406 g/mol. The first kappa shape index (κ1) is 19.2. The summed E-state index contributed by atoms with van der Waals surface area (Å²) in [6.07, 6.45) is 4.52. The Morgan fingerprint density at radius 1 is 1.10 bits per heavy atom. The topological polar surface area (TPSA) is 86.8 Å². The van der Waals surface area contributed by atoms with E-state index in [2.05, 4.69) is 5.10 Å². The van der Waals surface area contributed by atoms with E-state index in [1.165, 1.54) is 21.6 Å². The van der Waals surface area contributed by atoms with Crippen LogP contribution in [0.5, 0.6) is 11.5 Å². The second-order valence-corrected chi connectivity index (χ2v) is 9.44. The second kappa shape index (κ2) is 7.48. The Kier molecular flexibility index (Phi) is 4.79. The van der Waals surface area contributed by atoms with Gasteiger partial charge in [0.1, 0.15) is 19.0 Å². The number of nitrogens with zero attached hydrogens (tertiary/aromatic N) is 3. The fourth-order valence-corrected chi connectivity index (χ4v) is 5.51. The van der Waals surface area contributed by atoms with Gasteiger partial charge in [-0.05, 0) is 49.1 Å². The molecule has 1 aromatic carbocycles. The average molecular weight is 429 g/mol. The van der Waals surface area contributed by atoms with Crippen molar-refractivity contribution >= 4 is 10.0 Å². The summed E-state index contributed by atoms with van der Waals surface area (Å²) in [5.74, 6) is 1.57. The summed E-state index contributed by atoms with van der Waals surface area (Å²) in [7, 11) is -1.91. The molecule has 3 aromatic rings. The van der Waals surface area contributed by atoms with Gasteiger partial charge in [0.15, 0.2) is 11.5 Å². The predicted octanol–water partition coefficient (Wildman–Crippen LogP) is 2.66. The molecule has 5 rings (SSSR count). The summed E-state index contributed by atoms with van der Waals surface area (Å²) in [6.45, 7) is 1.15. The molecule has 0 radical (unpaired) electrons. The van der Waals surface area contributed by atoms with E-state index in [9.17, 15) is 8.42 Å². The zero-order chi connectivity index (χ0) is 20.7. The maximum atomic E-state index is 13.6. The van der Waals surface area contributed by atoms with Gasteiger partial charge in [-0.15, -0.1) is 0 Å². The number of sulfonamides is 1. The van der Waals surface area contributed by atoms with Crippen LogP contribution in [0.3, 0.4) is 0 Å². The van der Waals surface area contributed by atoms with Gasteiger partial charge < -0.3 is 13.9 Å². The van der Waals surface area contributed by atoms with Crippen LogP contribution in [0.1, 0.15) is 29.1 Å². The minimum absolute atomic E-state index is 0.120. The van der Waals surface area contributed by atoms with Crippen LogP contribution in [0.4, 0.5) is 0 Å². The van der Waals surface area contributed by atoms with Crippen LogP contribution in [0, 0.1) is 0 Å². The third kappa shape index (κ3) is 3.37. The lowest BCUT2D eigenvalue weighted by atomic mass is 10.2. The Balaban J connectivity index is 1.52. The molecule has 30 heavy (non-hydrogen) atoms. The van der Waals surface area contributed by atoms with Crippen LogP contribution < -0.4 is 9.47 Å². The quantitative estimate of drug-likeness (QED) is 0.599. The highest BCUT2D eigenvalue weighted by molar-refractivity contribution is 7.89. The number of benzene rings is 1. The van der Waals surface area contributed by atoms with Crippen LogP contribution in [-0.2, 0) is 43.0 Å². The van der Waals surface area contributed by atoms with Gasteiger partial charge in [0.25, 0.3) is 0 Å². The summed E-state index contributed by atoms with van der Waals surface area (Å²) >= 11 is 0. The van der Waals surface area contributed by atoms with Crippen molar-refractivity contribution in [2.45, 2.75) is 37.2 Å². The SMILES string of the molecule is Cn1nc(CN(Cc2ccco2)S(=O)(=O)c2ccc3c(c2)OCCO3)c2c1CCC2. The Morgan fingerprint density at radius 3 is 2.73 bits per heavy atom. The number of aryl methyl sites for hydroxylation is 1. The maximum Gasteiger partial charge on any atom is 0.243 e. The summed E-state index contributed by atoms with van der Waals surface area (Å²) in [6, 6.07) is 8.26. The van der Waals surface area contributed by atoms with E-state index in [1.807, 2.05) is 11.7 Å². The fraction of sp³-hybridized carbons (Fsp3) is 0.381. The molecule has 0 spiro atoms. The van der Waals surface area contributed by atoms with Crippen molar-refractivity contribution in [3.05, 3.63) is 59.3 Å².